The van der Waals surface area contributed by atoms with Crippen molar-refractivity contribution in [1.29, 1.82) is 0 Å². The van der Waals surface area contributed by atoms with Gasteiger partial charge in [0, 0.05) is 24.0 Å². The van der Waals surface area contributed by atoms with Crippen LogP contribution in [-0.4, -0.2) is 33.1 Å². The first-order chi connectivity index (χ1) is 16.4. The second-order valence-electron chi connectivity index (χ2n) is 7.64. The van der Waals surface area contributed by atoms with Crippen LogP contribution < -0.4 is 5.32 Å². The Labute approximate surface area is 199 Å². The fraction of sp³-hybridized carbons (Fsp3) is 0.227. The number of alkyl halides is 6. The standard InChI is InChI=1S/C22H16ClF6N5O/c23-16-11-30-34(12-16)18-8-9-33(20(35)31-17-6-4-14(5-7-17)21(24,25)26)32-19(18)13-2-1-3-15(10-13)22(27,28)29/h1-7,10-12,18H,8-9H2,(H,31,35). The molecule has 35 heavy (non-hydrogen) atoms. The molecule has 0 radical (unpaired) electrons. The first kappa shape index (κ1) is 24.6. The highest BCUT2D eigenvalue weighted by atomic mass is 35.5. The third-order valence-electron chi connectivity index (χ3n) is 5.23. The summed E-state index contributed by atoms with van der Waals surface area (Å²) in [6.07, 6.45) is -6.00. The van der Waals surface area contributed by atoms with Gasteiger partial charge in [-0.1, -0.05) is 23.7 Å². The summed E-state index contributed by atoms with van der Waals surface area (Å²) in [6.45, 7) is 0.0665. The molecule has 1 aliphatic rings. The van der Waals surface area contributed by atoms with E-state index >= 15 is 0 Å². The number of amides is 2. The fourth-order valence-corrected chi connectivity index (χ4v) is 3.70. The van der Waals surface area contributed by atoms with E-state index in [4.69, 9.17) is 11.6 Å². The first-order valence-electron chi connectivity index (χ1n) is 10.1. The van der Waals surface area contributed by atoms with Gasteiger partial charge in [0.1, 0.15) is 0 Å². The molecule has 0 fully saturated rings. The SMILES string of the molecule is O=C(Nc1ccc(C(F)(F)F)cc1)N1CCC(n2cc(Cl)cn2)C(c2cccc(C(F)(F)F)c2)=N1. The maximum absolute atomic E-state index is 13.3. The van der Waals surface area contributed by atoms with Crippen LogP contribution in [0.3, 0.4) is 0 Å². The monoisotopic (exact) mass is 515 g/mol. The van der Waals surface area contributed by atoms with Gasteiger partial charge >= 0.3 is 18.4 Å². The second-order valence-corrected chi connectivity index (χ2v) is 8.07. The maximum atomic E-state index is 13.3. The molecule has 13 heteroatoms. The summed E-state index contributed by atoms with van der Waals surface area (Å²) in [4.78, 5) is 12.8. The van der Waals surface area contributed by atoms with E-state index < -0.39 is 35.6 Å². The number of rotatable bonds is 3. The number of carbonyl (C=O) groups is 1. The van der Waals surface area contributed by atoms with Gasteiger partial charge in [0.15, 0.2) is 0 Å². The van der Waals surface area contributed by atoms with E-state index in [0.717, 1.165) is 41.4 Å². The molecular formula is C22H16ClF6N5O. The number of hydrazone groups is 1. The zero-order valence-electron chi connectivity index (χ0n) is 17.6. The van der Waals surface area contributed by atoms with E-state index in [1.165, 1.54) is 29.2 Å². The molecule has 3 aromatic rings. The molecule has 1 aromatic heterocycles. The lowest BCUT2D eigenvalue weighted by molar-refractivity contribution is -0.138. The number of hydrogen-bond donors (Lipinski definition) is 1. The molecule has 0 spiro atoms. The highest BCUT2D eigenvalue weighted by Crippen LogP contribution is 2.33. The number of hydrogen-bond acceptors (Lipinski definition) is 3. The zero-order valence-corrected chi connectivity index (χ0v) is 18.4. The predicted molar refractivity (Wildman–Crippen MR) is 116 cm³/mol. The average Bonchev–Trinajstić information content (AvgIpc) is 3.24. The molecule has 1 aliphatic heterocycles. The summed E-state index contributed by atoms with van der Waals surface area (Å²) < 4.78 is 79.6. The molecule has 0 bridgehead atoms. The summed E-state index contributed by atoms with van der Waals surface area (Å²) in [5.74, 6) is 0. The number of aromatic nitrogens is 2. The Balaban J connectivity index is 1.64. The third-order valence-corrected chi connectivity index (χ3v) is 5.43. The van der Waals surface area contributed by atoms with Gasteiger partial charge in [-0.05, 0) is 42.8 Å². The summed E-state index contributed by atoms with van der Waals surface area (Å²) >= 11 is 5.95. The number of halogens is 7. The number of carbonyl (C=O) groups excluding carboxylic acids is 1. The van der Waals surface area contributed by atoms with E-state index in [2.05, 4.69) is 15.5 Å². The molecule has 4 rings (SSSR count). The van der Waals surface area contributed by atoms with Gasteiger partial charge in [0.05, 0.1) is 34.1 Å². The Morgan fingerprint density at radius 1 is 1.00 bits per heavy atom. The minimum atomic E-state index is -4.59. The molecule has 0 aliphatic carbocycles. The van der Waals surface area contributed by atoms with Crippen molar-refractivity contribution in [3.05, 3.63) is 82.6 Å². The van der Waals surface area contributed by atoms with Gasteiger partial charge in [0.2, 0.25) is 0 Å². The topological polar surface area (TPSA) is 62.5 Å². The molecular weight excluding hydrogens is 500 g/mol. The Morgan fingerprint density at radius 3 is 2.29 bits per heavy atom. The van der Waals surface area contributed by atoms with Gasteiger partial charge < -0.3 is 5.32 Å². The second kappa shape index (κ2) is 9.25. The number of nitrogens with zero attached hydrogens (tertiary/aromatic N) is 4. The molecule has 2 aromatic carbocycles. The Kier molecular flexibility index (Phi) is 6.50. The van der Waals surface area contributed by atoms with Crippen molar-refractivity contribution in [3.63, 3.8) is 0 Å². The molecule has 1 atom stereocenters. The van der Waals surface area contributed by atoms with E-state index in [1.54, 1.807) is 0 Å². The van der Waals surface area contributed by atoms with Crippen LogP contribution in [-0.2, 0) is 12.4 Å². The van der Waals surface area contributed by atoms with Crippen molar-refractivity contribution in [1.82, 2.24) is 14.8 Å². The molecule has 2 amide bonds. The molecule has 1 unspecified atom stereocenters. The fourth-order valence-electron chi connectivity index (χ4n) is 3.55. The highest BCUT2D eigenvalue weighted by molar-refractivity contribution is 6.30. The Morgan fingerprint density at radius 2 is 1.69 bits per heavy atom. The van der Waals surface area contributed by atoms with E-state index in [9.17, 15) is 31.1 Å². The van der Waals surface area contributed by atoms with Crippen LogP contribution in [0, 0.1) is 0 Å². The minimum absolute atomic E-state index is 0.0665. The molecule has 0 saturated carbocycles. The first-order valence-corrected chi connectivity index (χ1v) is 10.5. The average molecular weight is 516 g/mol. The number of urea groups is 1. The summed E-state index contributed by atoms with van der Waals surface area (Å²) in [5.41, 5.74) is -1.40. The highest BCUT2D eigenvalue weighted by Gasteiger charge is 2.34. The van der Waals surface area contributed by atoms with E-state index in [1.807, 2.05) is 0 Å². The molecule has 184 valence electrons. The minimum Gasteiger partial charge on any atom is -0.306 e. The van der Waals surface area contributed by atoms with Crippen LogP contribution in [0.5, 0.6) is 0 Å². The Bertz CT molecular complexity index is 1250. The van der Waals surface area contributed by atoms with Gasteiger partial charge in [-0.3, -0.25) is 4.68 Å². The van der Waals surface area contributed by atoms with Crippen molar-refractivity contribution in [2.45, 2.75) is 24.8 Å². The smallest absolute Gasteiger partial charge is 0.306 e. The van der Waals surface area contributed by atoms with Crippen LogP contribution >= 0.6 is 11.6 Å². The number of nitrogens with one attached hydrogen (secondary N) is 1. The predicted octanol–water partition coefficient (Wildman–Crippen LogP) is 6.46. The lowest BCUT2D eigenvalue weighted by Crippen LogP contribution is -2.39. The number of anilines is 1. The zero-order chi connectivity index (χ0) is 25.4. The quantitative estimate of drug-likeness (QED) is 0.407. The van der Waals surface area contributed by atoms with Gasteiger partial charge in [-0.15, -0.1) is 0 Å². The van der Waals surface area contributed by atoms with Crippen LogP contribution in [0.25, 0.3) is 0 Å². The summed E-state index contributed by atoms with van der Waals surface area (Å²) in [6, 6.07) is 6.97. The maximum Gasteiger partial charge on any atom is 0.416 e. The van der Waals surface area contributed by atoms with E-state index in [0.29, 0.717) is 5.02 Å². The molecule has 0 saturated heterocycles. The molecule has 2 heterocycles. The van der Waals surface area contributed by atoms with Crippen LogP contribution in [0.1, 0.15) is 29.2 Å². The van der Waals surface area contributed by atoms with Crippen LogP contribution in [0.2, 0.25) is 5.02 Å². The van der Waals surface area contributed by atoms with E-state index in [-0.39, 0.29) is 29.9 Å². The van der Waals surface area contributed by atoms with Crippen molar-refractivity contribution in [2.75, 3.05) is 11.9 Å². The van der Waals surface area contributed by atoms with Crippen LogP contribution in [0.4, 0.5) is 36.8 Å². The summed E-state index contributed by atoms with van der Waals surface area (Å²) in [7, 11) is 0. The van der Waals surface area contributed by atoms with Gasteiger partial charge in [-0.2, -0.15) is 36.5 Å². The van der Waals surface area contributed by atoms with Crippen molar-refractivity contribution < 1.29 is 31.1 Å². The Hall–Kier alpha value is -3.54. The summed E-state index contributed by atoms with van der Waals surface area (Å²) in [5, 5.41) is 12.2. The largest absolute Gasteiger partial charge is 0.416 e. The normalized spacial score (nSPS) is 16.7. The van der Waals surface area contributed by atoms with Gasteiger partial charge in [0.25, 0.3) is 0 Å². The lowest BCUT2D eigenvalue weighted by Gasteiger charge is -2.30. The third kappa shape index (κ3) is 5.59. The molecule has 1 N–H and O–H groups in total. The van der Waals surface area contributed by atoms with Crippen LogP contribution in [0.15, 0.2) is 66.0 Å². The van der Waals surface area contributed by atoms with Crippen molar-refractivity contribution in [3.8, 4) is 0 Å². The van der Waals surface area contributed by atoms with Crippen molar-refractivity contribution in [2.24, 2.45) is 5.10 Å². The van der Waals surface area contributed by atoms with Crippen molar-refractivity contribution >= 4 is 29.0 Å². The molecule has 6 nitrogen and oxygen atoms in total. The van der Waals surface area contributed by atoms with Gasteiger partial charge in [-0.25, -0.2) is 9.80 Å². The number of benzene rings is 2. The lowest BCUT2D eigenvalue weighted by atomic mass is 9.97.